The molecule has 4 aromatic rings. The Morgan fingerprint density at radius 2 is 1.70 bits per heavy atom. The van der Waals surface area contributed by atoms with Gasteiger partial charge in [0.2, 0.25) is 5.91 Å². The molecule has 1 aliphatic rings. The average Bonchev–Trinajstić information content (AvgIpc) is 3.74. The summed E-state index contributed by atoms with van der Waals surface area (Å²) >= 11 is 0. The molecule has 0 bridgehead atoms. The monoisotopic (exact) mass is 639 g/mol. The van der Waals surface area contributed by atoms with Crippen LogP contribution in [-0.2, 0) is 44.8 Å². The Morgan fingerprint density at radius 3 is 2.40 bits per heavy atom. The summed E-state index contributed by atoms with van der Waals surface area (Å²) in [5.74, 6) is 0.228. The van der Waals surface area contributed by atoms with Crippen LogP contribution in [0.15, 0.2) is 72.8 Å². The van der Waals surface area contributed by atoms with E-state index in [4.69, 9.17) is 19.9 Å². The summed E-state index contributed by atoms with van der Waals surface area (Å²) in [6.07, 6.45) is 1.23. The molecular weight excluding hydrogens is 598 g/mol. The van der Waals surface area contributed by atoms with Crippen molar-refractivity contribution in [2.45, 2.75) is 45.4 Å². The Bertz CT molecular complexity index is 1730. The van der Waals surface area contributed by atoms with Gasteiger partial charge in [-0.1, -0.05) is 36.4 Å². The number of nitrogens with zero attached hydrogens (tertiary/aromatic N) is 3. The second kappa shape index (κ2) is 14.9. The SMILES string of the molecule is CCOC(=O)CNC(C)(C(=O)N1CCCC1)c1ccc2c(c1)nc(CNc1ccc(C(=N)NC(=O)OCc3ccccc3)cc1)n2C. The van der Waals surface area contributed by atoms with Gasteiger partial charge in [0.25, 0.3) is 0 Å². The van der Waals surface area contributed by atoms with Crippen molar-refractivity contribution in [2.75, 3.05) is 31.6 Å². The maximum absolute atomic E-state index is 13.7. The molecule has 0 aliphatic carbocycles. The Balaban J connectivity index is 1.23. The number of benzene rings is 3. The first kappa shape index (κ1) is 33.1. The zero-order valence-electron chi connectivity index (χ0n) is 27.0. The van der Waals surface area contributed by atoms with Gasteiger partial charge in [-0.15, -0.1) is 0 Å². The number of fused-ring (bicyclic) bond motifs is 1. The van der Waals surface area contributed by atoms with Gasteiger partial charge in [0, 0.05) is 31.4 Å². The number of esters is 1. The summed E-state index contributed by atoms with van der Waals surface area (Å²) in [5.41, 5.74) is 3.43. The topological polar surface area (TPSA) is 151 Å². The summed E-state index contributed by atoms with van der Waals surface area (Å²) in [4.78, 5) is 44.8. The Hall–Kier alpha value is -5.23. The Morgan fingerprint density at radius 1 is 0.979 bits per heavy atom. The van der Waals surface area contributed by atoms with E-state index in [9.17, 15) is 14.4 Å². The maximum atomic E-state index is 13.7. The molecule has 12 nitrogen and oxygen atoms in total. The largest absolute Gasteiger partial charge is 0.465 e. The molecule has 4 N–H and O–H groups in total. The van der Waals surface area contributed by atoms with Crippen LogP contribution in [0.4, 0.5) is 10.5 Å². The molecule has 1 saturated heterocycles. The molecule has 0 spiro atoms. The molecular formula is C35H41N7O5. The number of carbonyl (C=O) groups excluding carboxylic acids is 3. The molecule has 3 aromatic carbocycles. The van der Waals surface area contributed by atoms with Crippen molar-refractivity contribution < 1.29 is 23.9 Å². The first-order valence-electron chi connectivity index (χ1n) is 15.7. The highest BCUT2D eigenvalue weighted by molar-refractivity contribution is 6.04. The van der Waals surface area contributed by atoms with Crippen molar-refractivity contribution in [1.82, 2.24) is 25.1 Å². The van der Waals surface area contributed by atoms with Gasteiger partial charge in [-0.05, 0) is 74.2 Å². The van der Waals surface area contributed by atoms with E-state index in [1.165, 1.54) is 0 Å². The van der Waals surface area contributed by atoms with Gasteiger partial charge >= 0.3 is 12.1 Å². The van der Waals surface area contributed by atoms with Crippen LogP contribution in [0.3, 0.4) is 0 Å². The third-order valence-corrected chi connectivity index (χ3v) is 8.33. The molecule has 0 saturated carbocycles. The normalized spacial score (nSPS) is 14.0. The molecule has 2 heterocycles. The zero-order valence-corrected chi connectivity index (χ0v) is 27.0. The van der Waals surface area contributed by atoms with E-state index in [1.807, 2.05) is 84.1 Å². The smallest absolute Gasteiger partial charge is 0.413 e. The first-order valence-corrected chi connectivity index (χ1v) is 15.7. The third kappa shape index (κ3) is 7.95. The predicted molar refractivity (Wildman–Crippen MR) is 179 cm³/mol. The van der Waals surface area contributed by atoms with Gasteiger partial charge in [-0.25, -0.2) is 9.78 Å². The van der Waals surface area contributed by atoms with Gasteiger partial charge in [0.05, 0.1) is 30.7 Å². The molecule has 2 amide bonds. The van der Waals surface area contributed by atoms with Crippen molar-refractivity contribution in [1.29, 1.82) is 5.41 Å². The number of alkyl carbamates (subject to hydrolysis) is 1. The second-order valence-corrected chi connectivity index (χ2v) is 11.6. The number of aryl methyl sites for hydroxylation is 1. The zero-order chi connectivity index (χ0) is 33.4. The maximum Gasteiger partial charge on any atom is 0.413 e. The number of hydrogen-bond acceptors (Lipinski definition) is 9. The number of anilines is 1. The quantitative estimate of drug-likeness (QED) is 0.101. The van der Waals surface area contributed by atoms with Crippen LogP contribution in [0.5, 0.6) is 0 Å². The van der Waals surface area contributed by atoms with Crippen molar-refractivity contribution in [3.05, 3.63) is 95.3 Å². The van der Waals surface area contributed by atoms with Crippen LogP contribution >= 0.6 is 0 Å². The van der Waals surface area contributed by atoms with Crippen LogP contribution in [0.1, 0.15) is 49.2 Å². The number of amides is 2. The fraction of sp³-hybridized carbons (Fsp3) is 0.343. The number of hydrogen-bond donors (Lipinski definition) is 4. The predicted octanol–water partition coefficient (Wildman–Crippen LogP) is 4.43. The van der Waals surface area contributed by atoms with Crippen LogP contribution in [-0.4, -0.2) is 64.5 Å². The van der Waals surface area contributed by atoms with E-state index in [2.05, 4.69) is 16.0 Å². The van der Waals surface area contributed by atoms with E-state index >= 15 is 0 Å². The standard InChI is InChI=1S/C35H41N7O5/c1-4-46-31(43)22-38-35(2,33(44)42-18-8-9-19-42)26-14-17-29-28(20-26)39-30(41(29)3)21-37-27-15-12-25(13-16-27)32(36)40-34(45)47-23-24-10-6-5-7-11-24/h5-7,10-17,20,37-38H,4,8-9,18-19,21-23H2,1-3H3,(H2,36,40,45). The Kier molecular flexibility index (Phi) is 10.5. The minimum Gasteiger partial charge on any atom is -0.465 e. The Labute approximate surface area is 274 Å². The van der Waals surface area contributed by atoms with Crippen molar-refractivity contribution in [3.63, 3.8) is 0 Å². The number of likely N-dealkylation sites (tertiary alicyclic amines) is 1. The van der Waals surface area contributed by atoms with Crippen molar-refractivity contribution in [3.8, 4) is 0 Å². The lowest BCUT2D eigenvalue weighted by atomic mass is 9.89. The summed E-state index contributed by atoms with van der Waals surface area (Å²) in [6, 6.07) is 22.2. The molecule has 12 heteroatoms. The van der Waals surface area contributed by atoms with Gasteiger partial charge in [0.1, 0.15) is 23.8 Å². The van der Waals surface area contributed by atoms with Crippen LogP contribution in [0, 0.1) is 5.41 Å². The second-order valence-electron chi connectivity index (χ2n) is 11.6. The van der Waals surface area contributed by atoms with Gasteiger partial charge in [-0.2, -0.15) is 0 Å². The van der Waals surface area contributed by atoms with Gasteiger partial charge < -0.3 is 24.3 Å². The van der Waals surface area contributed by atoms with Gasteiger partial charge in [-0.3, -0.25) is 25.6 Å². The van der Waals surface area contributed by atoms with E-state index in [0.717, 1.165) is 46.5 Å². The minimum absolute atomic E-state index is 0.0623. The number of nitrogens with one attached hydrogen (secondary N) is 4. The molecule has 1 fully saturated rings. The fourth-order valence-electron chi connectivity index (χ4n) is 5.59. The first-order chi connectivity index (χ1) is 22.7. The number of ether oxygens (including phenoxy) is 2. The number of amidine groups is 1. The third-order valence-electron chi connectivity index (χ3n) is 8.33. The lowest BCUT2D eigenvalue weighted by molar-refractivity contribution is -0.143. The molecule has 1 atom stereocenters. The van der Waals surface area contributed by atoms with Crippen LogP contribution in [0.25, 0.3) is 11.0 Å². The van der Waals surface area contributed by atoms with Crippen molar-refractivity contribution in [2.24, 2.45) is 7.05 Å². The van der Waals surface area contributed by atoms with Crippen LogP contribution in [0.2, 0.25) is 0 Å². The highest BCUT2D eigenvalue weighted by Gasteiger charge is 2.40. The lowest BCUT2D eigenvalue weighted by Gasteiger charge is -2.33. The van der Waals surface area contributed by atoms with E-state index in [1.54, 1.807) is 19.1 Å². The number of rotatable bonds is 12. The molecule has 246 valence electrons. The number of carbonyl (C=O) groups is 3. The van der Waals surface area contributed by atoms with Crippen molar-refractivity contribution >= 4 is 40.5 Å². The van der Waals surface area contributed by atoms with E-state index in [0.29, 0.717) is 25.2 Å². The molecule has 5 rings (SSSR count). The average molecular weight is 640 g/mol. The molecule has 0 radical (unpaired) electrons. The lowest BCUT2D eigenvalue weighted by Crippen LogP contribution is -2.54. The van der Waals surface area contributed by atoms with E-state index < -0.39 is 17.6 Å². The highest BCUT2D eigenvalue weighted by Crippen LogP contribution is 2.29. The van der Waals surface area contributed by atoms with Gasteiger partial charge in [0.15, 0.2) is 0 Å². The molecule has 1 aromatic heterocycles. The minimum atomic E-state index is -1.13. The molecule has 1 aliphatic heterocycles. The summed E-state index contributed by atoms with van der Waals surface area (Å²) in [5, 5.41) is 17.3. The summed E-state index contributed by atoms with van der Waals surface area (Å²) in [7, 11) is 1.94. The number of aromatic nitrogens is 2. The van der Waals surface area contributed by atoms with Crippen LogP contribution < -0.4 is 16.0 Å². The highest BCUT2D eigenvalue weighted by atomic mass is 16.5. The summed E-state index contributed by atoms with van der Waals surface area (Å²) in [6.45, 7) is 5.67. The van der Waals surface area contributed by atoms with E-state index in [-0.39, 0.29) is 31.5 Å². The number of imidazole rings is 1. The fourth-order valence-corrected chi connectivity index (χ4v) is 5.59. The molecule has 1 unspecified atom stereocenters. The summed E-state index contributed by atoms with van der Waals surface area (Å²) < 4.78 is 12.3. The molecule has 47 heavy (non-hydrogen) atoms.